The van der Waals surface area contributed by atoms with E-state index in [9.17, 15) is 4.79 Å². The fourth-order valence-corrected chi connectivity index (χ4v) is 1.94. The Morgan fingerprint density at radius 1 is 1.14 bits per heavy atom. The third-order valence-electron chi connectivity index (χ3n) is 3.01. The first-order valence-corrected chi connectivity index (χ1v) is 6.93. The summed E-state index contributed by atoms with van der Waals surface area (Å²) in [5, 5.41) is 5.99. The van der Waals surface area contributed by atoms with Crippen molar-refractivity contribution >= 4 is 17.4 Å². The molecule has 0 saturated carbocycles. The number of aromatic nitrogens is 1. The number of amides is 1. The minimum atomic E-state index is 0.00757. The van der Waals surface area contributed by atoms with E-state index in [-0.39, 0.29) is 5.91 Å². The summed E-state index contributed by atoms with van der Waals surface area (Å²) in [5.41, 5.74) is 8.34. The van der Waals surface area contributed by atoms with Crippen LogP contribution < -0.4 is 16.4 Å². The van der Waals surface area contributed by atoms with E-state index in [1.54, 1.807) is 0 Å². The van der Waals surface area contributed by atoms with Crippen molar-refractivity contribution in [3.63, 3.8) is 0 Å². The van der Waals surface area contributed by atoms with Crippen LogP contribution in [-0.2, 0) is 11.2 Å². The van der Waals surface area contributed by atoms with Gasteiger partial charge in [0, 0.05) is 18.8 Å². The number of hydrogen-bond donors (Lipinski definition) is 3. The number of anilines is 2. The van der Waals surface area contributed by atoms with Crippen LogP contribution in [0.15, 0.2) is 42.5 Å². The van der Waals surface area contributed by atoms with E-state index in [1.807, 2.05) is 49.4 Å². The van der Waals surface area contributed by atoms with Crippen LogP contribution >= 0.6 is 0 Å². The van der Waals surface area contributed by atoms with Gasteiger partial charge in [0.25, 0.3) is 0 Å². The van der Waals surface area contributed by atoms with Gasteiger partial charge in [-0.2, -0.15) is 0 Å². The summed E-state index contributed by atoms with van der Waals surface area (Å²) in [6, 6.07) is 13.3. The van der Waals surface area contributed by atoms with Gasteiger partial charge in [0.2, 0.25) is 5.91 Å². The zero-order valence-corrected chi connectivity index (χ0v) is 12.1. The maximum absolute atomic E-state index is 11.8. The number of carbonyl (C=O) groups is 1. The Hall–Kier alpha value is -2.56. The van der Waals surface area contributed by atoms with Gasteiger partial charge in [-0.3, -0.25) is 4.79 Å². The molecule has 21 heavy (non-hydrogen) atoms. The van der Waals surface area contributed by atoms with Crippen molar-refractivity contribution in [2.24, 2.45) is 0 Å². The lowest BCUT2D eigenvalue weighted by molar-refractivity contribution is -0.120. The van der Waals surface area contributed by atoms with Crippen molar-refractivity contribution < 1.29 is 4.79 Å². The molecule has 2 rings (SSSR count). The molecule has 0 fully saturated rings. The Morgan fingerprint density at radius 3 is 2.67 bits per heavy atom. The zero-order valence-electron chi connectivity index (χ0n) is 12.1. The van der Waals surface area contributed by atoms with Crippen LogP contribution in [0.4, 0.5) is 11.5 Å². The van der Waals surface area contributed by atoms with Crippen LogP contribution in [0.25, 0.3) is 0 Å². The first-order chi connectivity index (χ1) is 10.1. The standard InChI is InChI=1S/C16H20N4O/c1-12-7-8-14(17)16(20-12)19-10-9-18-15(21)11-13-5-3-2-4-6-13/h2-8H,9-11,17H2,1H3,(H,18,21)(H,19,20). The number of rotatable bonds is 6. The Morgan fingerprint density at radius 2 is 1.90 bits per heavy atom. The van der Waals surface area contributed by atoms with Crippen molar-refractivity contribution in [2.75, 3.05) is 24.1 Å². The van der Waals surface area contributed by atoms with Gasteiger partial charge >= 0.3 is 0 Å². The summed E-state index contributed by atoms with van der Waals surface area (Å²) in [5.74, 6) is 0.667. The number of pyridine rings is 1. The zero-order chi connectivity index (χ0) is 15.1. The molecule has 0 aliphatic carbocycles. The van der Waals surface area contributed by atoms with Gasteiger partial charge in [-0.15, -0.1) is 0 Å². The number of carbonyl (C=O) groups excluding carboxylic acids is 1. The highest BCUT2D eigenvalue weighted by Crippen LogP contribution is 2.14. The maximum atomic E-state index is 11.8. The second kappa shape index (κ2) is 7.28. The molecule has 0 aliphatic heterocycles. The number of aryl methyl sites for hydroxylation is 1. The van der Waals surface area contributed by atoms with Crippen LogP contribution in [-0.4, -0.2) is 24.0 Å². The predicted molar refractivity (Wildman–Crippen MR) is 85.0 cm³/mol. The van der Waals surface area contributed by atoms with Gasteiger partial charge in [-0.05, 0) is 24.6 Å². The molecule has 0 atom stereocenters. The molecule has 0 bridgehead atoms. The van der Waals surface area contributed by atoms with Crippen LogP contribution in [0.3, 0.4) is 0 Å². The highest BCUT2D eigenvalue weighted by Gasteiger charge is 2.03. The van der Waals surface area contributed by atoms with E-state index >= 15 is 0 Å². The molecular formula is C16H20N4O. The van der Waals surface area contributed by atoms with Crippen LogP contribution in [0.2, 0.25) is 0 Å². The Kier molecular flexibility index (Phi) is 5.15. The number of nitrogens with zero attached hydrogens (tertiary/aromatic N) is 1. The Bertz CT molecular complexity index is 598. The Labute approximate surface area is 124 Å². The van der Waals surface area contributed by atoms with E-state index < -0.39 is 0 Å². The molecule has 1 heterocycles. The quantitative estimate of drug-likeness (QED) is 0.706. The van der Waals surface area contributed by atoms with E-state index in [2.05, 4.69) is 15.6 Å². The SMILES string of the molecule is Cc1ccc(N)c(NCCNC(=O)Cc2ccccc2)n1. The predicted octanol–water partition coefficient (Wildman–Crippen LogP) is 1.74. The normalized spacial score (nSPS) is 10.1. The largest absolute Gasteiger partial charge is 0.396 e. The second-order valence-electron chi connectivity index (χ2n) is 4.83. The maximum Gasteiger partial charge on any atom is 0.224 e. The summed E-state index contributed by atoms with van der Waals surface area (Å²) in [6.07, 6.45) is 0.395. The Balaban J connectivity index is 1.72. The van der Waals surface area contributed by atoms with Crippen molar-refractivity contribution in [3.8, 4) is 0 Å². The van der Waals surface area contributed by atoms with Crippen molar-refractivity contribution in [1.29, 1.82) is 0 Å². The van der Waals surface area contributed by atoms with Crippen molar-refractivity contribution in [2.45, 2.75) is 13.3 Å². The van der Waals surface area contributed by atoms with Crippen LogP contribution in [0.5, 0.6) is 0 Å². The summed E-state index contributed by atoms with van der Waals surface area (Å²) in [4.78, 5) is 16.1. The molecule has 110 valence electrons. The lowest BCUT2D eigenvalue weighted by Crippen LogP contribution is -2.30. The van der Waals surface area contributed by atoms with Gasteiger partial charge in [0.15, 0.2) is 0 Å². The minimum absolute atomic E-state index is 0.00757. The average Bonchev–Trinajstić information content (AvgIpc) is 2.48. The highest BCUT2D eigenvalue weighted by atomic mass is 16.1. The van der Waals surface area contributed by atoms with Gasteiger partial charge in [-0.1, -0.05) is 30.3 Å². The van der Waals surface area contributed by atoms with Gasteiger partial charge in [0.05, 0.1) is 12.1 Å². The third kappa shape index (κ3) is 4.80. The minimum Gasteiger partial charge on any atom is -0.396 e. The molecule has 0 unspecified atom stereocenters. The molecule has 1 amide bonds. The molecule has 1 aromatic heterocycles. The van der Waals surface area contributed by atoms with Gasteiger partial charge < -0.3 is 16.4 Å². The number of benzene rings is 1. The molecule has 0 radical (unpaired) electrons. The molecule has 0 spiro atoms. The molecule has 4 N–H and O–H groups in total. The van der Waals surface area contributed by atoms with Crippen LogP contribution in [0, 0.1) is 6.92 Å². The molecule has 0 saturated heterocycles. The summed E-state index contributed by atoms with van der Waals surface area (Å²) in [7, 11) is 0. The number of nitrogens with two attached hydrogens (primary N) is 1. The van der Waals surface area contributed by atoms with E-state index in [0.29, 0.717) is 31.0 Å². The number of nitrogens with one attached hydrogen (secondary N) is 2. The smallest absolute Gasteiger partial charge is 0.224 e. The van der Waals surface area contributed by atoms with E-state index in [0.717, 1.165) is 11.3 Å². The topological polar surface area (TPSA) is 80.0 Å². The molecular weight excluding hydrogens is 264 g/mol. The average molecular weight is 284 g/mol. The fraction of sp³-hybridized carbons (Fsp3) is 0.250. The van der Waals surface area contributed by atoms with Gasteiger partial charge in [-0.25, -0.2) is 4.98 Å². The molecule has 1 aromatic carbocycles. The second-order valence-corrected chi connectivity index (χ2v) is 4.83. The lowest BCUT2D eigenvalue weighted by Gasteiger charge is -2.10. The third-order valence-corrected chi connectivity index (χ3v) is 3.01. The number of nitrogen functional groups attached to an aromatic ring is 1. The monoisotopic (exact) mass is 284 g/mol. The lowest BCUT2D eigenvalue weighted by atomic mass is 10.1. The highest BCUT2D eigenvalue weighted by molar-refractivity contribution is 5.78. The summed E-state index contributed by atoms with van der Waals surface area (Å²) in [6.45, 7) is 3.02. The van der Waals surface area contributed by atoms with Crippen molar-refractivity contribution in [3.05, 3.63) is 53.7 Å². The molecule has 0 aliphatic rings. The number of hydrogen-bond acceptors (Lipinski definition) is 4. The molecule has 2 aromatic rings. The molecule has 5 heteroatoms. The molecule has 5 nitrogen and oxygen atoms in total. The van der Waals surface area contributed by atoms with Gasteiger partial charge in [0.1, 0.15) is 5.82 Å². The first-order valence-electron chi connectivity index (χ1n) is 6.93. The van der Waals surface area contributed by atoms with E-state index in [1.165, 1.54) is 0 Å². The van der Waals surface area contributed by atoms with Crippen molar-refractivity contribution in [1.82, 2.24) is 10.3 Å². The van der Waals surface area contributed by atoms with Crippen LogP contribution in [0.1, 0.15) is 11.3 Å². The first kappa shape index (κ1) is 14.8. The van der Waals surface area contributed by atoms with E-state index in [4.69, 9.17) is 5.73 Å². The summed E-state index contributed by atoms with van der Waals surface area (Å²) >= 11 is 0. The summed E-state index contributed by atoms with van der Waals surface area (Å²) < 4.78 is 0. The fourth-order valence-electron chi connectivity index (χ4n) is 1.94.